The highest BCUT2D eigenvalue weighted by Gasteiger charge is 2.55. The number of para-hydroxylation sites is 5. The Bertz CT molecular complexity index is 7960. The third kappa shape index (κ3) is 11.2. The lowest BCUT2D eigenvalue weighted by Crippen LogP contribution is -2.36. The molecule has 4 heteroatoms. The molecule has 0 saturated carbocycles. The SMILES string of the molecule is CC1(C)c2ccccc2-c2ccc(N(c3ccc(-c4ccccc4-c4cccc(-c5cccc(N6c7ccccc7C7(c8ccccc8-c8c(N(c9cc(-c%10ccccc%10)cc(-c%10ccccc%10)c9)c9ccc%10c(c9)C(C)(C)c9ccccc9-%10)cccc87)c7ccccc76)c5)c4)cc3)c3cccc4c3-c3ccccc3C43c4ccccc4N(c4ccccc4)c4ccccc43)cc21. The third-order valence-electron chi connectivity index (χ3n) is 29.8. The summed E-state index contributed by atoms with van der Waals surface area (Å²) in [7, 11) is 0. The first-order valence-corrected chi connectivity index (χ1v) is 46.3. The third-order valence-corrected chi connectivity index (χ3v) is 29.8. The van der Waals surface area contributed by atoms with Gasteiger partial charge in [-0.2, -0.15) is 0 Å². The second kappa shape index (κ2) is 29.6. The van der Waals surface area contributed by atoms with Crippen LogP contribution < -0.4 is 19.6 Å². The maximum Gasteiger partial charge on any atom is 0.0755 e. The van der Waals surface area contributed by atoms with Crippen LogP contribution in [0.3, 0.4) is 0 Å². The van der Waals surface area contributed by atoms with Crippen molar-refractivity contribution < 1.29 is 0 Å². The minimum atomic E-state index is -0.728. The highest BCUT2D eigenvalue weighted by Crippen LogP contribution is 2.69. The molecule has 2 heterocycles. The van der Waals surface area contributed by atoms with Crippen LogP contribution in [0, 0.1) is 0 Å². The zero-order valence-electron chi connectivity index (χ0n) is 73.8. The number of rotatable bonds is 13. The molecule has 2 spiro atoms. The van der Waals surface area contributed by atoms with E-state index in [-0.39, 0.29) is 10.8 Å². The Labute approximate surface area is 771 Å². The molecule has 132 heavy (non-hydrogen) atoms. The maximum absolute atomic E-state index is 2.58. The molecule has 20 aromatic carbocycles. The first-order chi connectivity index (χ1) is 65.0. The summed E-state index contributed by atoms with van der Waals surface area (Å²) >= 11 is 0. The fourth-order valence-electron chi connectivity index (χ4n) is 24.1. The number of fused-ring (bicyclic) bond motifs is 24. The fourth-order valence-corrected chi connectivity index (χ4v) is 24.1. The molecular formula is C128H90N4. The van der Waals surface area contributed by atoms with Gasteiger partial charge in [0.2, 0.25) is 0 Å². The summed E-state index contributed by atoms with van der Waals surface area (Å²) in [4.78, 5) is 10.1. The molecule has 0 aromatic heterocycles. The lowest BCUT2D eigenvalue weighted by Gasteiger charge is -2.45. The van der Waals surface area contributed by atoms with E-state index in [0.717, 1.165) is 113 Å². The molecule has 0 atom stereocenters. The first kappa shape index (κ1) is 76.8. The lowest BCUT2D eigenvalue weighted by molar-refractivity contribution is 0.660. The van der Waals surface area contributed by atoms with E-state index >= 15 is 0 Å². The van der Waals surface area contributed by atoms with Gasteiger partial charge in [-0.05, 0) is 277 Å². The van der Waals surface area contributed by atoms with Crippen molar-refractivity contribution in [2.75, 3.05) is 19.6 Å². The number of hydrogen-bond donors (Lipinski definition) is 0. The average Bonchev–Trinajstić information content (AvgIpc) is 1.53. The maximum atomic E-state index is 2.58. The Morgan fingerprint density at radius 3 is 0.947 bits per heavy atom. The molecule has 20 aromatic rings. The van der Waals surface area contributed by atoms with Crippen molar-refractivity contribution in [3.63, 3.8) is 0 Å². The van der Waals surface area contributed by atoms with Gasteiger partial charge >= 0.3 is 0 Å². The van der Waals surface area contributed by atoms with E-state index in [2.05, 4.69) is 520 Å². The Hall–Kier alpha value is -16.4. The smallest absolute Gasteiger partial charge is 0.0755 e. The number of hydrogen-bond acceptors (Lipinski definition) is 4. The minimum absolute atomic E-state index is 0.230. The van der Waals surface area contributed by atoms with Crippen molar-refractivity contribution in [1.82, 2.24) is 0 Å². The van der Waals surface area contributed by atoms with E-state index in [0.29, 0.717) is 0 Å². The zero-order valence-corrected chi connectivity index (χ0v) is 73.8. The number of benzene rings is 20. The lowest BCUT2D eigenvalue weighted by atomic mass is 9.64. The van der Waals surface area contributed by atoms with Gasteiger partial charge < -0.3 is 19.6 Å². The molecule has 622 valence electrons. The quantitative estimate of drug-likeness (QED) is 0.114. The first-order valence-electron chi connectivity index (χ1n) is 46.3. The average molecular weight is 1680 g/mol. The zero-order chi connectivity index (χ0) is 87.7. The summed E-state index contributed by atoms with van der Waals surface area (Å²) in [5.74, 6) is 0. The summed E-state index contributed by atoms with van der Waals surface area (Å²) in [6.45, 7) is 9.58. The van der Waals surface area contributed by atoms with E-state index in [1.54, 1.807) is 0 Å². The molecule has 0 saturated heterocycles. The molecule has 0 fully saturated rings. The molecule has 0 bridgehead atoms. The van der Waals surface area contributed by atoms with Gasteiger partial charge in [0.15, 0.2) is 0 Å². The molecule has 0 amide bonds. The van der Waals surface area contributed by atoms with Crippen LogP contribution in [0.5, 0.6) is 0 Å². The van der Waals surface area contributed by atoms with E-state index < -0.39 is 10.8 Å². The predicted octanol–water partition coefficient (Wildman–Crippen LogP) is 33.9. The van der Waals surface area contributed by atoms with Crippen LogP contribution in [0.2, 0.25) is 0 Å². The molecule has 4 aliphatic carbocycles. The molecule has 0 unspecified atom stereocenters. The second-order valence-electron chi connectivity index (χ2n) is 37.3. The summed E-state index contributed by atoms with van der Waals surface area (Å²) in [5.41, 5.74) is 48.6. The largest absolute Gasteiger partial charge is 0.310 e. The van der Waals surface area contributed by atoms with Crippen molar-refractivity contribution in [2.24, 2.45) is 0 Å². The van der Waals surface area contributed by atoms with E-state index in [1.165, 1.54) is 123 Å². The Balaban J connectivity index is 0.579. The minimum Gasteiger partial charge on any atom is -0.310 e. The molecule has 0 N–H and O–H groups in total. The fraction of sp³-hybridized carbons (Fsp3) is 0.0625. The van der Waals surface area contributed by atoms with Crippen LogP contribution in [0.4, 0.5) is 68.2 Å². The van der Waals surface area contributed by atoms with Crippen LogP contribution in [0.1, 0.15) is 94.5 Å². The van der Waals surface area contributed by atoms with Crippen molar-refractivity contribution in [2.45, 2.75) is 49.4 Å². The highest BCUT2D eigenvalue weighted by atomic mass is 15.2. The van der Waals surface area contributed by atoms with E-state index in [1.807, 2.05) is 0 Å². The molecule has 26 rings (SSSR count). The summed E-state index contributed by atoms with van der Waals surface area (Å²) in [5, 5.41) is 0. The normalized spacial score (nSPS) is 14.3. The second-order valence-corrected chi connectivity index (χ2v) is 37.3. The van der Waals surface area contributed by atoms with Crippen LogP contribution in [-0.2, 0) is 21.7 Å². The van der Waals surface area contributed by atoms with Gasteiger partial charge in [-0.25, -0.2) is 0 Å². The Morgan fingerprint density at radius 1 is 0.167 bits per heavy atom. The molecule has 0 radical (unpaired) electrons. The summed E-state index contributed by atoms with van der Waals surface area (Å²) in [6.07, 6.45) is 0. The summed E-state index contributed by atoms with van der Waals surface area (Å²) < 4.78 is 0. The molecular weight excluding hydrogens is 1590 g/mol. The molecule has 4 nitrogen and oxygen atoms in total. The molecule has 6 aliphatic rings. The topological polar surface area (TPSA) is 13.0 Å². The van der Waals surface area contributed by atoms with Crippen molar-refractivity contribution in [3.05, 3.63) is 540 Å². The van der Waals surface area contributed by atoms with Gasteiger partial charge in [-0.15, -0.1) is 0 Å². The number of nitrogens with zero attached hydrogens (tertiary/aromatic N) is 4. The monoisotopic (exact) mass is 1680 g/mol. The summed E-state index contributed by atoms with van der Waals surface area (Å²) in [6, 6.07) is 179. The van der Waals surface area contributed by atoms with Gasteiger partial charge in [-0.3, -0.25) is 0 Å². The van der Waals surface area contributed by atoms with Gasteiger partial charge in [0, 0.05) is 56.1 Å². The predicted molar refractivity (Wildman–Crippen MR) is 549 cm³/mol. The van der Waals surface area contributed by atoms with Crippen LogP contribution in [0.15, 0.2) is 473 Å². The van der Waals surface area contributed by atoms with Gasteiger partial charge in [0.05, 0.1) is 45.0 Å². The van der Waals surface area contributed by atoms with Gasteiger partial charge in [0.25, 0.3) is 0 Å². The van der Waals surface area contributed by atoms with Crippen LogP contribution in [-0.4, -0.2) is 0 Å². The molecule has 2 aliphatic heterocycles. The Kier molecular flexibility index (Phi) is 17.2. The van der Waals surface area contributed by atoms with E-state index in [4.69, 9.17) is 0 Å². The Morgan fingerprint density at radius 2 is 0.477 bits per heavy atom. The van der Waals surface area contributed by atoms with Crippen LogP contribution >= 0.6 is 0 Å². The van der Waals surface area contributed by atoms with Gasteiger partial charge in [0.1, 0.15) is 0 Å². The number of anilines is 12. The van der Waals surface area contributed by atoms with Crippen LogP contribution in [0.25, 0.3) is 100 Å². The van der Waals surface area contributed by atoms with Crippen molar-refractivity contribution in [3.8, 4) is 100 Å². The van der Waals surface area contributed by atoms with Gasteiger partial charge in [-0.1, -0.05) is 380 Å². The highest BCUT2D eigenvalue weighted by molar-refractivity contribution is 6.06. The van der Waals surface area contributed by atoms with E-state index in [9.17, 15) is 0 Å². The van der Waals surface area contributed by atoms with Crippen molar-refractivity contribution >= 4 is 68.2 Å². The standard InChI is InChI=1S/C128H90N4/c1-125(2)105-52-20-16-48-99(105)101-74-72-94(81-115(101)125)129(121-66-34-60-113-123(121)103-50-18-22-54-107(103)127(113)109-56-24-28-62-117(109)131(91-43-12-7-13-44-91)118-63-29-25-57-110(118)127)92-70-68-85(69-71-92)97-46-14-15-47-98(97)88-42-32-40-86(76-88)87-41-33-45-93(78-87)132-119-64-30-26-58-111(119)128(112-59-27-31-65-120(112)132)108-55-23-19-51-104(108)124-114(128)61-35-67-122(124)130(95-73-75-102-100-49-17-21-53-106(100)126(3,4)116(102)82-95)96-79-89(83-36-8-5-9-37-83)77-90(80-96)84-38-10-6-11-39-84/h5-82H,1-4H3. The van der Waals surface area contributed by atoms with Crippen molar-refractivity contribution in [1.29, 1.82) is 0 Å².